The molecule has 3 nitrogen and oxygen atoms in total. The number of aromatic amines is 1. The minimum absolute atomic E-state index is 0.810. The number of H-pyrrole nitrogens is 1. The van der Waals surface area contributed by atoms with E-state index >= 15 is 0 Å². The number of halogens is 1. The van der Waals surface area contributed by atoms with E-state index in [4.69, 9.17) is 0 Å². The zero-order valence-corrected chi connectivity index (χ0v) is 6.70. The summed E-state index contributed by atoms with van der Waals surface area (Å²) in [6.07, 6.45) is 1.72. The summed E-state index contributed by atoms with van der Waals surface area (Å²) in [5.41, 5.74) is 0. The molecule has 0 amide bonds. The Kier molecular flexibility index (Phi) is 2.10. The lowest BCUT2D eigenvalue weighted by Gasteiger charge is -1.93. The molecule has 0 unspecified atom stereocenters. The van der Waals surface area contributed by atoms with Gasteiger partial charge in [-0.3, -0.25) is 0 Å². The first-order valence-electron chi connectivity index (χ1n) is 2.77. The number of hydrogen-bond acceptors (Lipinski definition) is 2. The van der Waals surface area contributed by atoms with Crippen LogP contribution in [-0.4, -0.2) is 16.5 Å². The maximum Gasteiger partial charge on any atom is 0.200 e. The van der Waals surface area contributed by atoms with Gasteiger partial charge in [0.2, 0.25) is 5.95 Å². The van der Waals surface area contributed by atoms with Gasteiger partial charge in [0.1, 0.15) is 4.60 Å². The average molecular weight is 190 g/mol. The van der Waals surface area contributed by atoms with Crippen LogP contribution in [0.15, 0.2) is 10.8 Å². The van der Waals surface area contributed by atoms with Crippen molar-refractivity contribution < 1.29 is 0 Å². The molecule has 0 aliphatic rings. The summed E-state index contributed by atoms with van der Waals surface area (Å²) < 4.78 is 0.901. The molecule has 2 N–H and O–H groups in total. The fourth-order valence-electron chi connectivity index (χ4n) is 0.556. The van der Waals surface area contributed by atoms with E-state index < -0.39 is 0 Å². The Labute approximate surface area is 62.0 Å². The third kappa shape index (κ3) is 1.71. The van der Waals surface area contributed by atoms with Gasteiger partial charge in [0.25, 0.3) is 0 Å². The average Bonchev–Trinajstić information content (AvgIpc) is 2.17. The van der Waals surface area contributed by atoms with Crippen molar-refractivity contribution in [2.24, 2.45) is 0 Å². The summed E-state index contributed by atoms with van der Waals surface area (Å²) >= 11 is 3.24. The van der Waals surface area contributed by atoms with Crippen molar-refractivity contribution in [2.75, 3.05) is 11.9 Å². The van der Waals surface area contributed by atoms with Crippen LogP contribution in [-0.2, 0) is 0 Å². The number of hydrogen-bond donors (Lipinski definition) is 2. The van der Waals surface area contributed by atoms with Gasteiger partial charge in [-0.1, -0.05) is 0 Å². The SMILES string of the molecule is CCNc1ncc(Br)[nH]1. The zero-order chi connectivity index (χ0) is 6.69. The Bertz CT molecular complexity index is 184. The molecule has 0 aromatic carbocycles. The molecule has 9 heavy (non-hydrogen) atoms. The molecule has 0 spiro atoms. The van der Waals surface area contributed by atoms with Crippen molar-refractivity contribution in [1.29, 1.82) is 0 Å². The standard InChI is InChI=1S/C5H8BrN3/c1-2-7-5-8-3-4(6)9-5/h3H,2H2,1H3,(H2,7,8,9). The van der Waals surface area contributed by atoms with E-state index in [9.17, 15) is 0 Å². The van der Waals surface area contributed by atoms with E-state index in [1.807, 2.05) is 6.92 Å². The summed E-state index contributed by atoms with van der Waals surface area (Å²) in [6, 6.07) is 0. The molecule has 0 aliphatic carbocycles. The molecule has 1 rings (SSSR count). The van der Waals surface area contributed by atoms with Gasteiger partial charge in [0, 0.05) is 6.54 Å². The molecule has 50 valence electrons. The largest absolute Gasteiger partial charge is 0.356 e. The van der Waals surface area contributed by atoms with Crippen LogP contribution < -0.4 is 5.32 Å². The fourth-order valence-corrected chi connectivity index (χ4v) is 0.846. The number of aromatic nitrogens is 2. The number of rotatable bonds is 2. The Morgan fingerprint density at radius 2 is 2.67 bits per heavy atom. The first kappa shape index (κ1) is 6.61. The minimum atomic E-state index is 0.810. The summed E-state index contributed by atoms with van der Waals surface area (Å²) in [7, 11) is 0. The monoisotopic (exact) mass is 189 g/mol. The van der Waals surface area contributed by atoms with Crippen LogP contribution >= 0.6 is 15.9 Å². The van der Waals surface area contributed by atoms with Crippen LogP contribution in [0.3, 0.4) is 0 Å². The van der Waals surface area contributed by atoms with Crippen LogP contribution in [0, 0.1) is 0 Å². The van der Waals surface area contributed by atoms with Gasteiger partial charge in [-0.25, -0.2) is 4.98 Å². The lowest BCUT2D eigenvalue weighted by atomic mass is 10.7. The molecule has 1 aromatic heterocycles. The predicted octanol–water partition coefficient (Wildman–Crippen LogP) is 1.60. The van der Waals surface area contributed by atoms with Gasteiger partial charge in [-0.15, -0.1) is 0 Å². The summed E-state index contributed by atoms with van der Waals surface area (Å²) in [5, 5.41) is 3.03. The van der Waals surface area contributed by atoms with E-state index in [1.54, 1.807) is 6.20 Å². The summed E-state index contributed by atoms with van der Waals surface area (Å²) in [5.74, 6) is 0.810. The third-order valence-corrected chi connectivity index (χ3v) is 1.29. The normalized spacial score (nSPS) is 9.56. The predicted molar refractivity (Wildman–Crippen MR) is 40.5 cm³/mol. The van der Waals surface area contributed by atoms with E-state index in [0.717, 1.165) is 17.1 Å². The Balaban J connectivity index is 2.61. The molecule has 0 radical (unpaired) electrons. The van der Waals surface area contributed by atoms with Crippen molar-refractivity contribution in [3.8, 4) is 0 Å². The second-order valence-electron chi connectivity index (χ2n) is 1.61. The lowest BCUT2D eigenvalue weighted by Crippen LogP contribution is -1.97. The minimum Gasteiger partial charge on any atom is -0.356 e. The fraction of sp³-hybridized carbons (Fsp3) is 0.400. The zero-order valence-electron chi connectivity index (χ0n) is 5.11. The van der Waals surface area contributed by atoms with Crippen LogP contribution in [0.25, 0.3) is 0 Å². The Hall–Kier alpha value is -0.510. The van der Waals surface area contributed by atoms with E-state index in [2.05, 4.69) is 31.2 Å². The van der Waals surface area contributed by atoms with E-state index in [1.165, 1.54) is 0 Å². The lowest BCUT2D eigenvalue weighted by molar-refractivity contribution is 1.13. The molecule has 0 saturated carbocycles. The second kappa shape index (κ2) is 2.87. The van der Waals surface area contributed by atoms with Gasteiger partial charge in [0.15, 0.2) is 0 Å². The van der Waals surface area contributed by atoms with Crippen LogP contribution in [0.1, 0.15) is 6.92 Å². The van der Waals surface area contributed by atoms with Crippen molar-refractivity contribution in [1.82, 2.24) is 9.97 Å². The van der Waals surface area contributed by atoms with Gasteiger partial charge in [-0.05, 0) is 22.9 Å². The van der Waals surface area contributed by atoms with Crippen molar-refractivity contribution in [3.63, 3.8) is 0 Å². The molecule has 0 aliphatic heterocycles. The molecule has 1 heterocycles. The van der Waals surface area contributed by atoms with Crippen molar-refractivity contribution >= 4 is 21.9 Å². The van der Waals surface area contributed by atoms with Gasteiger partial charge in [0.05, 0.1) is 6.20 Å². The van der Waals surface area contributed by atoms with Gasteiger partial charge >= 0.3 is 0 Å². The Morgan fingerprint density at radius 1 is 1.89 bits per heavy atom. The first-order chi connectivity index (χ1) is 4.33. The van der Waals surface area contributed by atoms with Crippen LogP contribution in [0.4, 0.5) is 5.95 Å². The topological polar surface area (TPSA) is 40.7 Å². The smallest absolute Gasteiger partial charge is 0.200 e. The molecule has 0 fully saturated rings. The molecular weight excluding hydrogens is 182 g/mol. The quantitative estimate of drug-likeness (QED) is 0.743. The highest BCUT2D eigenvalue weighted by Gasteiger charge is 1.92. The summed E-state index contributed by atoms with van der Waals surface area (Å²) in [6.45, 7) is 2.91. The first-order valence-corrected chi connectivity index (χ1v) is 3.56. The molecule has 1 aromatic rings. The summed E-state index contributed by atoms with van der Waals surface area (Å²) in [4.78, 5) is 6.96. The molecule has 0 bridgehead atoms. The maximum atomic E-state index is 3.99. The molecule has 4 heteroatoms. The molecular formula is C5H8BrN3. The number of nitrogens with one attached hydrogen (secondary N) is 2. The second-order valence-corrected chi connectivity index (χ2v) is 2.46. The van der Waals surface area contributed by atoms with Crippen LogP contribution in [0.5, 0.6) is 0 Å². The highest BCUT2D eigenvalue weighted by atomic mass is 79.9. The van der Waals surface area contributed by atoms with Crippen molar-refractivity contribution in [2.45, 2.75) is 6.92 Å². The third-order valence-electron chi connectivity index (χ3n) is 0.889. The Morgan fingerprint density at radius 3 is 3.11 bits per heavy atom. The highest BCUT2D eigenvalue weighted by Crippen LogP contribution is 2.07. The number of anilines is 1. The van der Waals surface area contributed by atoms with E-state index in [0.29, 0.717) is 0 Å². The molecule has 0 atom stereocenters. The van der Waals surface area contributed by atoms with E-state index in [-0.39, 0.29) is 0 Å². The highest BCUT2D eigenvalue weighted by molar-refractivity contribution is 9.10. The number of imidazole rings is 1. The maximum absolute atomic E-state index is 3.99. The van der Waals surface area contributed by atoms with Crippen molar-refractivity contribution in [3.05, 3.63) is 10.8 Å². The van der Waals surface area contributed by atoms with Gasteiger partial charge < -0.3 is 10.3 Å². The number of nitrogens with zero attached hydrogens (tertiary/aromatic N) is 1. The molecule has 0 saturated heterocycles. The van der Waals surface area contributed by atoms with Gasteiger partial charge in [-0.2, -0.15) is 0 Å². The van der Waals surface area contributed by atoms with Crippen LogP contribution in [0.2, 0.25) is 0 Å².